The van der Waals surface area contributed by atoms with Gasteiger partial charge in [-0.3, -0.25) is 4.79 Å². The molecule has 0 unspecified atom stereocenters. The van der Waals surface area contributed by atoms with Gasteiger partial charge in [-0.2, -0.15) is 0 Å². The van der Waals surface area contributed by atoms with Gasteiger partial charge in [0.2, 0.25) is 5.91 Å². The molecule has 0 radical (unpaired) electrons. The highest BCUT2D eigenvalue weighted by Crippen LogP contribution is 1.33. The number of thiocarbonyl (C=S) groups is 1. The third kappa shape index (κ3) is 127. The summed E-state index contributed by atoms with van der Waals surface area (Å²) in [5, 5.41) is 0.000000000000000222. The van der Waals surface area contributed by atoms with Crippen molar-refractivity contribution in [1.29, 1.82) is 0 Å². The van der Waals surface area contributed by atoms with Gasteiger partial charge in [-0.15, -0.1) is 0 Å². The molecule has 1 amide bonds. The molecule has 0 atom stereocenters. The molecule has 0 rings (SSSR count). The molecule has 0 aliphatic carbocycles. The standard InChI is InChI=1S/C2H5NO.CH4N2S/c1-2(3)4;2-1(3)4/h1H3,(H2,3,4);(H4,2,3,4). The van der Waals surface area contributed by atoms with Crippen molar-refractivity contribution in [2.45, 2.75) is 6.92 Å². The minimum Gasteiger partial charge on any atom is -0.377 e. The van der Waals surface area contributed by atoms with Crippen LogP contribution >= 0.6 is 12.2 Å². The van der Waals surface area contributed by atoms with E-state index in [2.05, 4.69) is 29.4 Å². The van der Waals surface area contributed by atoms with E-state index in [4.69, 9.17) is 0 Å². The molecule has 8 heavy (non-hydrogen) atoms. The predicted octanol–water partition coefficient (Wildman–Crippen LogP) is -1.32. The Morgan fingerprint density at radius 3 is 1.38 bits per heavy atom. The van der Waals surface area contributed by atoms with Crippen molar-refractivity contribution in [2.75, 3.05) is 0 Å². The highest BCUT2D eigenvalue weighted by atomic mass is 32.1. The largest absolute Gasteiger partial charge is 0.377 e. The van der Waals surface area contributed by atoms with Gasteiger partial charge in [0.15, 0.2) is 5.11 Å². The lowest BCUT2D eigenvalue weighted by atomic mass is 10.8. The van der Waals surface area contributed by atoms with Gasteiger partial charge in [0.05, 0.1) is 0 Å². The second kappa shape index (κ2) is 6.16. The van der Waals surface area contributed by atoms with Crippen LogP contribution in [-0.2, 0) is 4.79 Å². The van der Waals surface area contributed by atoms with Gasteiger partial charge >= 0.3 is 0 Å². The first kappa shape index (κ1) is 10.2. The Hall–Kier alpha value is -0.840. The second-order valence-corrected chi connectivity index (χ2v) is 1.48. The van der Waals surface area contributed by atoms with Crippen LogP contribution in [0.1, 0.15) is 6.92 Å². The molecule has 48 valence electrons. The molecule has 0 saturated carbocycles. The molecular formula is C3H9N3OS. The van der Waals surface area contributed by atoms with E-state index in [1.807, 2.05) is 0 Å². The van der Waals surface area contributed by atoms with Gasteiger partial charge in [-0.05, 0) is 12.2 Å². The first-order valence-electron chi connectivity index (χ1n) is 1.77. The lowest BCUT2D eigenvalue weighted by molar-refractivity contribution is -0.115. The Kier molecular flexibility index (Phi) is 7.86. The van der Waals surface area contributed by atoms with Crippen molar-refractivity contribution in [3.8, 4) is 0 Å². The van der Waals surface area contributed by atoms with E-state index in [1.165, 1.54) is 6.92 Å². The van der Waals surface area contributed by atoms with Crippen molar-refractivity contribution in [3.63, 3.8) is 0 Å². The van der Waals surface area contributed by atoms with Crippen LogP contribution in [0, 0.1) is 0 Å². The summed E-state index contributed by atoms with van der Waals surface area (Å²) in [5.41, 5.74) is 13.7. The first-order chi connectivity index (χ1) is 3.46. The van der Waals surface area contributed by atoms with E-state index >= 15 is 0 Å². The maximum Gasteiger partial charge on any atom is 0.214 e. The summed E-state index contributed by atoms with van der Waals surface area (Å²) in [4.78, 5) is 9.22. The van der Waals surface area contributed by atoms with E-state index in [9.17, 15) is 4.79 Å². The number of carbonyl (C=O) groups excluding carboxylic acids is 1. The molecular weight excluding hydrogens is 126 g/mol. The fourth-order valence-electron chi connectivity index (χ4n) is 0. The third-order valence-electron chi connectivity index (χ3n) is 0. The Balaban J connectivity index is 0. The molecule has 0 aliphatic heterocycles. The molecule has 0 spiro atoms. The van der Waals surface area contributed by atoms with Crippen LogP contribution in [0.2, 0.25) is 0 Å². The van der Waals surface area contributed by atoms with Crippen LogP contribution in [0.3, 0.4) is 0 Å². The summed E-state index contributed by atoms with van der Waals surface area (Å²) < 4.78 is 0. The monoisotopic (exact) mass is 135 g/mol. The topological polar surface area (TPSA) is 95.1 Å². The number of carbonyl (C=O) groups is 1. The normalized spacial score (nSPS) is 6.12. The summed E-state index contributed by atoms with van der Waals surface area (Å²) in [6, 6.07) is 0. The van der Waals surface area contributed by atoms with Gasteiger partial charge in [-0.25, -0.2) is 0 Å². The molecule has 0 aliphatic rings. The molecule has 0 bridgehead atoms. The van der Waals surface area contributed by atoms with E-state index in [1.54, 1.807) is 0 Å². The Labute approximate surface area is 53.0 Å². The van der Waals surface area contributed by atoms with Crippen molar-refractivity contribution in [2.24, 2.45) is 17.2 Å². The zero-order chi connectivity index (χ0) is 7.15. The quantitative estimate of drug-likeness (QED) is 0.359. The van der Waals surface area contributed by atoms with E-state index < -0.39 is 0 Å². The number of nitrogens with two attached hydrogens (primary N) is 3. The van der Waals surface area contributed by atoms with Gasteiger partial charge in [-0.1, -0.05) is 0 Å². The number of amides is 1. The molecule has 0 aromatic heterocycles. The fraction of sp³-hybridized carbons (Fsp3) is 0.333. The fourth-order valence-corrected chi connectivity index (χ4v) is 0. The van der Waals surface area contributed by atoms with E-state index in [0.29, 0.717) is 0 Å². The van der Waals surface area contributed by atoms with Crippen LogP contribution in [0.25, 0.3) is 0 Å². The Morgan fingerprint density at radius 2 is 1.38 bits per heavy atom. The van der Waals surface area contributed by atoms with Crippen LogP contribution in [0.5, 0.6) is 0 Å². The molecule has 4 nitrogen and oxygen atoms in total. The SMILES string of the molecule is CC(N)=O.NC(N)=S. The van der Waals surface area contributed by atoms with E-state index in [0.717, 1.165) is 0 Å². The minimum atomic E-state index is -0.333. The van der Waals surface area contributed by atoms with Gasteiger partial charge < -0.3 is 17.2 Å². The van der Waals surface area contributed by atoms with Crippen molar-refractivity contribution in [3.05, 3.63) is 0 Å². The first-order valence-corrected chi connectivity index (χ1v) is 2.18. The second-order valence-electron chi connectivity index (χ2n) is 1.01. The lowest BCUT2D eigenvalue weighted by Crippen LogP contribution is -2.18. The van der Waals surface area contributed by atoms with Gasteiger partial charge in [0, 0.05) is 6.92 Å². The third-order valence-corrected chi connectivity index (χ3v) is 0. The van der Waals surface area contributed by atoms with Crippen LogP contribution in [0.4, 0.5) is 0 Å². The number of hydrogen-bond donors (Lipinski definition) is 3. The summed E-state index contributed by atoms with van der Waals surface area (Å²) in [7, 11) is 0. The summed E-state index contributed by atoms with van der Waals surface area (Å²) >= 11 is 4.09. The average molecular weight is 135 g/mol. The Morgan fingerprint density at radius 1 is 1.38 bits per heavy atom. The zero-order valence-electron chi connectivity index (χ0n) is 4.55. The molecule has 0 saturated heterocycles. The molecule has 0 fully saturated rings. The van der Waals surface area contributed by atoms with Crippen LogP contribution in [-0.4, -0.2) is 11.0 Å². The van der Waals surface area contributed by atoms with E-state index in [-0.39, 0.29) is 11.0 Å². The molecule has 0 aromatic carbocycles. The highest BCUT2D eigenvalue weighted by molar-refractivity contribution is 7.80. The smallest absolute Gasteiger partial charge is 0.214 e. The Bertz CT molecular complexity index is 72.5. The number of primary amides is 1. The number of hydrogen-bond acceptors (Lipinski definition) is 2. The van der Waals surface area contributed by atoms with Crippen molar-refractivity contribution >= 4 is 23.2 Å². The molecule has 5 heteroatoms. The molecule has 0 aromatic rings. The summed E-state index contributed by atoms with van der Waals surface area (Å²) in [5.74, 6) is -0.333. The lowest BCUT2D eigenvalue weighted by Gasteiger charge is -1.68. The molecule has 0 heterocycles. The molecule has 6 N–H and O–H groups in total. The number of rotatable bonds is 0. The van der Waals surface area contributed by atoms with Crippen LogP contribution < -0.4 is 17.2 Å². The highest BCUT2D eigenvalue weighted by Gasteiger charge is 1.61. The zero-order valence-corrected chi connectivity index (χ0v) is 5.37. The maximum atomic E-state index is 9.22. The predicted molar refractivity (Wildman–Crippen MR) is 35.8 cm³/mol. The van der Waals surface area contributed by atoms with Gasteiger partial charge in [0.25, 0.3) is 0 Å². The van der Waals surface area contributed by atoms with Gasteiger partial charge in [0.1, 0.15) is 0 Å². The van der Waals surface area contributed by atoms with Crippen molar-refractivity contribution < 1.29 is 4.79 Å². The van der Waals surface area contributed by atoms with Crippen LogP contribution in [0.15, 0.2) is 0 Å². The summed E-state index contributed by atoms with van der Waals surface area (Å²) in [6.45, 7) is 1.31. The average Bonchev–Trinajstić information content (AvgIpc) is 1.25. The maximum absolute atomic E-state index is 9.22. The minimum absolute atomic E-state index is 0.000000000000000222. The summed E-state index contributed by atoms with van der Waals surface area (Å²) in [6.07, 6.45) is 0. The van der Waals surface area contributed by atoms with Crippen molar-refractivity contribution in [1.82, 2.24) is 0 Å².